The molecule has 6 nitrogen and oxygen atoms in total. The average Bonchev–Trinajstić information content (AvgIpc) is 2.40. The molecule has 0 spiro atoms. The summed E-state index contributed by atoms with van der Waals surface area (Å²) in [5, 5.41) is 5.46. The van der Waals surface area contributed by atoms with Gasteiger partial charge in [-0.25, -0.2) is 22.0 Å². The highest BCUT2D eigenvalue weighted by Crippen LogP contribution is 2.23. The predicted molar refractivity (Wildman–Crippen MR) is 84.8 cm³/mol. The third-order valence-electron chi connectivity index (χ3n) is 2.91. The summed E-state index contributed by atoms with van der Waals surface area (Å²) < 4.78 is 49.6. The lowest BCUT2D eigenvalue weighted by molar-refractivity contribution is 0.596. The first kappa shape index (κ1) is 16.8. The Morgan fingerprint density at radius 3 is 2.05 bits per heavy atom. The van der Waals surface area contributed by atoms with Crippen molar-refractivity contribution in [1.82, 2.24) is 0 Å². The molecule has 0 atom stereocenters. The van der Waals surface area contributed by atoms with Crippen LogP contribution in [0.25, 0.3) is 0 Å². The molecule has 9 heteroatoms. The largest absolute Gasteiger partial charge is 0.279 e. The zero-order valence-corrected chi connectivity index (χ0v) is 13.8. The van der Waals surface area contributed by atoms with Crippen LogP contribution < -0.4 is 9.86 Å². The van der Waals surface area contributed by atoms with Gasteiger partial charge in [-0.1, -0.05) is 17.7 Å². The lowest BCUT2D eigenvalue weighted by Gasteiger charge is -2.12. The van der Waals surface area contributed by atoms with E-state index in [1.165, 1.54) is 42.5 Å². The number of aryl methyl sites for hydroxylation is 1. The molecule has 0 saturated carbocycles. The van der Waals surface area contributed by atoms with Gasteiger partial charge in [0.15, 0.2) is 0 Å². The number of anilines is 1. The molecule has 0 saturated heterocycles. The molecule has 0 bridgehead atoms. The van der Waals surface area contributed by atoms with Gasteiger partial charge in [0, 0.05) is 5.02 Å². The summed E-state index contributed by atoms with van der Waals surface area (Å²) in [5.41, 5.74) is 0.700. The molecule has 0 unspecified atom stereocenters. The third-order valence-corrected chi connectivity index (χ3v) is 5.45. The zero-order chi connectivity index (χ0) is 16.5. The van der Waals surface area contributed by atoms with Gasteiger partial charge in [0.25, 0.3) is 10.0 Å². The molecular formula is C13H13ClN2O4S2. The van der Waals surface area contributed by atoms with Crippen LogP contribution in [0.15, 0.2) is 52.3 Å². The number of nitrogens with two attached hydrogens (primary N) is 1. The summed E-state index contributed by atoms with van der Waals surface area (Å²) in [7, 11) is -7.78. The minimum absolute atomic E-state index is 0.0114. The fourth-order valence-corrected chi connectivity index (χ4v) is 3.49. The van der Waals surface area contributed by atoms with Crippen molar-refractivity contribution in [2.24, 2.45) is 5.14 Å². The van der Waals surface area contributed by atoms with Crippen molar-refractivity contribution < 1.29 is 16.8 Å². The van der Waals surface area contributed by atoms with Crippen molar-refractivity contribution in [3.8, 4) is 0 Å². The maximum absolute atomic E-state index is 12.3. The molecule has 0 heterocycles. The van der Waals surface area contributed by atoms with Gasteiger partial charge in [-0.2, -0.15) is 0 Å². The van der Waals surface area contributed by atoms with Gasteiger partial charge in [0.2, 0.25) is 10.0 Å². The van der Waals surface area contributed by atoms with E-state index in [4.69, 9.17) is 16.7 Å². The number of hydrogen-bond donors (Lipinski definition) is 2. The predicted octanol–water partition coefficient (Wildman–Crippen LogP) is 2.10. The summed E-state index contributed by atoms with van der Waals surface area (Å²) in [5.74, 6) is 0. The minimum atomic E-state index is -3.92. The van der Waals surface area contributed by atoms with Gasteiger partial charge in [-0.3, -0.25) is 4.72 Å². The van der Waals surface area contributed by atoms with Crippen molar-refractivity contribution >= 4 is 37.3 Å². The highest BCUT2D eigenvalue weighted by atomic mass is 35.5. The summed E-state index contributed by atoms with van der Waals surface area (Å²) in [6, 6.07) is 9.56. The first-order valence-corrected chi connectivity index (χ1v) is 9.42. The summed E-state index contributed by atoms with van der Waals surface area (Å²) in [6.45, 7) is 1.65. The van der Waals surface area contributed by atoms with E-state index in [1.54, 1.807) is 6.92 Å². The van der Waals surface area contributed by atoms with Crippen LogP contribution in [0, 0.1) is 6.92 Å². The lowest BCUT2D eigenvalue weighted by Crippen LogP contribution is -2.16. The number of nitrogens with one attached hydrogen (secondary N) is 1. The molecule has 0 aliphatic rings. The number of hydrogen-bond acceptors (Lipinski definition) is 4. The summed E-state index contributed by atoms with van der Waals surface area (Å²) in [4.78, 5) is -0.163. The van der Waals surface area contributed by atoms with Gasteiger partial charge >= 0.3 is 0 Å². The van der Waals surface area contributed by atoms with Crippen molar-refractivity contribution in [2.45, 2.75) is 16.7 Å². The average molecular weight is 361 g/mol. The van der Waals surface area contributed by atoms with Crippen LogP contribution >= 0.6 is 11.6 Å². The van der Waals surface area contributed by atoms with Crippen LogP contribution in [0.2, 0.25) is 5.02 Å². The summed E-state index contributed by atoms with van der Waals surface area (Å²) in [6.07, 6.45) is 0. The first-order chi connectivity index (χ1) is 10.1. The van der Waals surface area contributed by atoms with Crippen LogP contribution in [0.1, 0.15) is 5.56 Å². The molecule has 2 aromatic rings. The van der Waals surface area contributed by atoms with Gasteiger partial charge in [-0.15, -0.1) is 0 Å². The van der Waals surface area contributed by atoms with E-state index in [2.05, 4.69) is 4.72 Å². The van der Waals surface area contributed by atoms with Crippen LogP contribution in [0.3, 0.4) is 0 Å². The second-order valence-electron chi connectivity index (χ2n) is 4.58. The number of halogens is 1. The number of sulfonamides is 2. The van der Waals surface area contributed by atoms with E-state index in [0.717, 1.165) is 0 Å². The van der Waals surface area contributed by atoms with E-state index in [1.807, 2.05) is 0 Å². The smallest absolute Gasteiger partial charge is 0.261 e. The second-order valence-corrected chi connectivity index (χ2v) is 8.26. The quantitative estimate of drug-likeness (QED) is 0.870. The number of rotatable bonds is 4. The zero-order valence-electron chi connectivity index (χ0n) is 11.4. The Morgan fingerprint density at radius 1 is 0.955 bits per heavy atom. The maximum atomic E-state index is 12.3. The fourth-order valence-electron chi connectivity index (χ4n) is 1.71. The first-order valence-electron chi connectivity index (χ1n) is 6.01. The molecule has 118 valence electrons. The molecule has 22 heavy (non-hydrogen) atoms. The van der Waals surface area contributed by atoms with Crippen LogP contribution in [-0.2, 0) is 20.0 Å². The van der Waals surface area contributed by atoms with Crippen LogP contribution in [0.5, 0.6) is 0 Å². The van der Waals surface area contributed by atoms with Crippen molar-refractivity contribution in [2.75, 3.05) is 4.72 Å². The van der Waals surface area contributed by atoms with Gasteiger partial charge < -0.3 is 0 Å². The molecule has 2 aromatic carbocycles. The minimum Gasteiger partial charge on any atom is -0.279 e. The van der Waals surface area contributed by atoms with E-state index >= 15 is 0 Å². The van der Waals surface area contributed by atoms with Crippen molar-refractivity contribution in [3.05, 3.63) is 53.1 Å². The highest BCUT2D eigenvalue weighted by Gasteiger charge is 2.17. The molecule has 2 rings (SSSR count). The Hall–Kier alpha value is -1.61. The Kier molecular flexibility index (Phi) is 4.48. The standard InChI is InChI=1S/C13H13ClN2O4S2/c1-9-2-5-12(21(15,17)18)8-13(9)16-22(19,20)11-6-3-10(14)4-7-11/h2-8,16H,1H3,(H2,15,17,18). The molecule has 0 amide bonds. The van der Waals surface area contributed by atoms with Crippen LogP contribution in [-0.4, -0.2) is 16.8 Å². The maximum Gasteiger partial charge on any atom is 0.261 e. The summed E-state index contributed by atoms with van der Waals surface area (Å²) >= 11 is 5.72. The highest BCUT2D eigenvalue weighted by molar-refractivity contribution is 7.92. The monoisotopic (exact) mass is 360 g/mol. The molecule has 0 aliphatic heterocycles. The fraction of sp³-hybridized carbons (Fsp3) is 0.0769. The molecule has 0 fully saturated rings. The Morgan fingerprint density at radius 2 is 1.50 bits per heavy atom. The molecule has 0 aliphatic carbocycles. The Bertz CT molecular complexity index is 908. The van der Waals surface area contributed by atoms with Gasteiger partial charge in [0.1, 0.15) is 0 Å². The van der Waals surface area contributed by atoms with E-state index in [9.17, 15) is 16.8 Å². The Labute approximate surface area is 134 Å². The molecule has 0 aromatic heterocycles. The van der Waals surface area contributed by atoms with Crippen molar-refractivity contribution in [3.63, 3.8) is 0 Å². The second kappa shape index (κ2) is 5.88. The lowest BCUT2D eigenvalue weighted by atomic mass is 10.2. The number of primary sulfonamides is 1. The number of benzene rings is 2. The van der Waals surface area contributed by atoms with E-state index in [-0.39, 0.29) is 15.5 Å². The third kappa shape index (κ3) is 3.77. The SMILES string of the molecule is Cc1ccc(S(N)(=O)=O)cc1NS(=O)(=O)c1ccc(Cl)cc1. The van der Waals surface area contributed by atoms with Crippen molar-refractivity contribution in [1.29, 1.82) is 0 Å². The molecule has 3 N–H and O–H groups in total. The van der Waals surface area contributed by atoms with E-state index < -0.39 is 20.0 Å². The van der Waals surface area contributed by atoms with Gasteiger partial charge in [0.05, 0.1) is 15.5 Å². The topological polar surface area (TPSA) is 106 Å². The molecular weight excluding hydrogens is 348 g/mol. The Balaban J connectivity index is 2.43. The van der Waals surface area contributed by atoms with Gasteiger partial charge in [-0.05, 0) is 48.9 Å². The molecule has 0 radical (unpaired) electrons. The normalized spacial score (nSPS) is 12.1. The van der Waals surface area contributed by atoms with Crippen LogP contribution in [0.4, 0.5) is 5.69 Å². The van der Waals surface area contributed by atoms with E-state index in [0.29, 0.717) is 10.6 Å².